The van der Waals surface area contributed by atoms with Crippen LogP contribution in [0.3, 0.4) is 0 Å². The molecule has 1 N–H and O–H groups in total. The van der Waals surface area contributed by atoms with E-state index in [0.29, 0.717) is 0 Å². The molecule has 1 aromatic carbocycles. The topological polar surface area (TPSA) is 32.3 Å². The Hall–Kier alpha value is -1.58. The van der Waals surface area contributed by atoms with Gasteiger partial charge >= 0.3 is 6.03 Å². The number of benzene rings is 1. The molecule has 0 heterocycles. The number of hydrogen-bond acceptors (Lipinski definition) is 1. The fourth-order valence-electron chi connectivity index (χ4n) is 1.15. The summed E-state index contributed by atoms with van der Waals surface area (Å²) >= 11 is 0. The summed E-state index contributed by atoms with van der Waals surface area (Å²) in [6.45, 7) is 1.86. The Morgan fingerprint density at radius 2 is 1.87 bits per heavy atom. The second kappa shape index (κ2) is 4.77. The fourth-order valence-corrected chi connectivity index (χ4v) is 1.15. The van der Waals surface area contributed by atoms with Gasteiger partial charge in [0, 0.05) is 14.1 Å². The normalized spacial score (nSPS) is 12.0. The van der Waals surface area contributed by atoms with Gasteiger partial charge in [0.1, 0.15) is 5.82 Å². The van der Waals surface area contributed by atoms with E-state index in [9.17, 15) is 9.18 Å². The Morgan fingerprint density at radius 3 is 2.33 bits per heavy atom. The predicted octanol–water partition coefficient (Wildman–Crippen LogP) is 2.16. The number of carbonyl (C=O) groups excluding carboxylic acids is 1. The molecule has 0 bridgehead atoms. The lowest BCUT2D eigenvalue weighted by Crippen LogP contribution is -2.36. The van der Waals surface area contributed by atoms with E-state index in [0.717, 1.165) is 5.56 Å². The lowest BCUT2D eigenvalue weighted by atomic mass is 10.1. The quantitative estimate of drug-likeness (QED) is 0.797. The smallest absolute Gasteiger partial charge is 0.317 e. The molecule has 0 spiro atoms. The Balaban J connectivity index is 2.65. The fraction of sp³-hybridized carbons (Fsp3) is 0.364. The van der Waals surface area contributed by atoms with Crippen molar-refractivity contribution in [1.29, 1.82) is 0 Å². The first-order valence-corrected chi connectivity index (χ1v) is 4.74. The number of carbonyl (C=O) groups is 1. The minimum absolute atomic E-state index is 0.125. The molecule has 15 heavy (non-hydrogen) atoms. The van der Waals surface area contributed by atoms with Crippen LogP contribution in [0.15, 0.2) is 24.3 Å². The highest BCUT2D eigenvalue weighted by Gasteiger charge is 2.10. The molecule has 1 rings (SSSR count). The Kier molecular flexibility index (Phi) is 3.66. The molecule has 2 amide bonds. The molecule has 0 aliphatic carbocycles. The summed E-state index contributed by atoms with van der Waals surface area (Å²) in [5, 5.41) is 2.78. The van der Waals surface area contributed by atoms with Crippen LogP contribution in [-0.4, -0.2) is 25.0 Å². The summed E-state index contributed by atoms with van der Waals surface area (Å²) in [5.41, 5.74) is 0.881. The molecular formula is C11H15FN2O. The average molecular weight is 210 g/mol. The average Bonchev–Trinajstić information content (AvgIpc) is 2.18. The van der Waals surface area contributed by atoms with Crippen LogP contribution in [0.5, 0.6) is 0 Å². The highest BCUT2D eigenvalue weighted by atomic mass is 19.1. The zero-order valence-electron chi connectivity index (χ0n) is 9.12. The molecule has 0 aliphatic rings. The maximum atomic E-state index is 12.6. The van der Waals surface area contributed by atoms with Gasteiger partial charge in [-0.25, -0.2) is 9.18 Å². The number of amides is 2. The number of nitrogens with zero attached hydrogens (tertiary/aromatic N) is 1. The van der Waals surface area contributed by atoms with Crippen LogP contribution in [0.4, 0.5) is 9.18 Å². The van der Waals surface area contributed by atoms with Crippen LogP contribution in [0, 0.1) is 5.82 Å². The summed E-state index contributed by atoms with van der Waals surface area (Å²) in [5.74, 6) is -0.273. The minimum atomic E-state index is -0.273. The summed E-state index contributed by atoms with van der Waals surface area (Å²) in [7, 11) is 3.35. The zero-order chi connectivity index (χ0) is 11.4. The van der Waals surface area contributed by atoms with Crippen molar-refractivity contribution in [3.63, 3.8) is 0 Å². The minimum Gasteiger partial charge on any atom is -0.331 e. The first kappa shape index (κ1) is 11.5. The van der Waals surface area contributed by atoms with E-state index in [1.54, 1.807) is 26.2 Å². The Bertz CT molecular complexity index is 335. The number of halogens is 1. The molecule has 0 aliphatic heterocycles. The monoisotopic (exact) mass is 210 g/mol. The van der Waals surface area contributed by atoms with Gasteiger partial charge < -0.3 is 10.2 Å². The maximum absolute atomic E-state index is 12.6. The van der Waals surface area contributed by atoms with Crippen LogP contribution in [0.2, 0.25) is 0 Å². The SMILES string of the molecule is C[C@H](NC(=O)N(C)C)c1ccc(F)cc1. The number of hydrogen-bond donors (Lipinski definition) is 1. The molecular weight excluding hydrogens is 195 g/mol. The van der Waals surface area contributed by atoms with Crippen molar-refractivity contribution in [2.45, 2.75) is 13.0 Å². The first-order valence-electron chi connectivity index (χ1n) is 4.74. The van der Waals surface area contributed by atoms with Gasteiger partial charge in [-0.15, -0.1) is 0 Å². The molecule has 1 aromatic rings. The molecule has 0 unspecified atom stereocenters. The summed E-state index contributed by atoms with van der Waals surface area (Å²) in [4.78, 5) is 12.8. The predicted molar refractivity (Wildman–Crippen MR) is 57.0 cm³/mol. The van der Waals surface area contributed by atoms with Crippen molar-refractivity contribution >= 4 is 6.03 Å². The van der Waals surface area contributed by atoms with Gasteiger partial charge in [-0.2, -0.15) is 0 Å². The van der Waals surface area contributed by atoms with Crippen molar-refractivity contribution in [2.75, 3.05) is 14.1 Å². The van der Waals surface area contributed by atoms with E-state index in [-0.39, 0.29) is 17.9 Å². The van der Waals surface area contributed by atoms with E-state index >= 15 is 0 Å². The maximum Gasteiger partial charge on any atom is 0.317 e. The molecule has 0 fully saturated rings. The third kappa shape index (κ3) is 3.23. The number of rotatable bonds is 2. The molecule has 82 valence electrons. The van der Waals surface area contributed by atoms with Crippen LogP contribution >= 0.6 is 0 Å². The van der Waals surface area contributed by atoms with Gasteiger partial charge in [0.2, 0.25) is 0 Å². The highest BCUT2D eigenvalue weighted by Crippen LogP contribution is 2.12. The summed E-state index contributed by atoms with van der Waals surface area (Å²) in [6.07, 6.45) is 0. The van der Waals surface area contributed by atoms with Crippen molar-refractivity contribution in [3.05, 3.63) is 35.6 Å². The summed E-state index contributed by atoms with van der Waals surface area (Å²) in [6, 6.07) is 5.81. The lowest BCUT2D eigenvalue weighted by Gasteiger charge is -2.18. The van der Waals surface area contributed by atoms with Crippen LogP contribution in [0.1, 0.15) is 18.5 Å². The molecule has 3 nitrogen and oxygen atoms in total. The van der Waals surface area contributed by atoms with Gasteiger partial charge in [0.15, 0.2) is 0 Å². The largest absolute Gasteiger partial charge is 0.331 e. The van der Waals surface area contributed by atoms with Gasteiger partial charge in [0.05, 0.1) is 6.04 Å². The van der Waals surface area contributed by atoms with Crippen LogP contribution in [0.25, 0.3) is 0 Å². The lowest BCUT2D eigenvalue weighted by molar-refractivity contribution is 0.214. The Labute approximate surface area is 88.9 Å². The molecule has 0 aromatic heterocycles. The van der Waals surface area contributed by atoms with E-state index in [4.69, 9.17) is 0 Å². The van der Waals surface area contributed by atoms with Gasteiger partial charge in [-0.05, 0) is 24.6 Å². The van der Waals surface area contributed by atoms with E-state index in [1.807, 2.05) is 6.92 Å². The molecule has 1 atom stereocenters. The van der Waals surface area contributed by atoms with E-state index < -0.39 is 0 Å². The van der Waals surface area contributed by atoms with Crippen LogP contribution in [-0.2, 0) is 0 Å². The van der Waals surface area contributed by atoms with Gasteiger partial charge in [0.25, 0.3) is 0 Å². The van der Waals surface area contributed by atoms with Crippen molar-refractivity contribution in [2.24, 2.45) is 0 Å². The van der Waals surface area contributed by atoms with Crippen molar-refractivity contribution in [1.82, 2.24) is 10.2 Å². The third-order valence-electron chi connectivity index (χ3n) is 2.12. The van der Waals surface area contributed by atoms with E-state index in [1.165, 1.54) is 17.0 Å². The first-order chi connectivity index (χ1) is 7.00. The standard InChI is InChI=1S/C11H15FN2O/c1-8(13-11(15)14(2)3)9-4-6-10(12)7-5-9/h4-8H,1-3H3,(H,13,15)/t8-/m0/s1. The second-order valence-corrected chi connectivity index (χ2v) is 3.62. The van der Waals surface area contributed by atoms with Crippen LogP contribution < -0.4 is 5.32 Å². The van der Waals surface area contributed by atoms with Gasteiger partial charge in [-0.3, -0.25) is 0 Å². The number of nitrogens with one attached hydrogen (secondary N) is 1. The Morgan fingerprint density at radius 1 is 1.33 bits per heavy atom. The highest BCUT2D eigenvalue weighted by molar-refractivity contribution is 5.73. The van der Waals surface area contributed by atoms with Gasteiger partial charge in [-0.1, -0.05) is 12.1 Å². The summed E-state index contributed by atoms with van der Waals surface area (Å²) < 4.78 is 12.6. The molecule has 0 radical (unpaired) electrons. The molecule has 4 heteroatoms. The number of urea groups is 1. The van der Waals surface area contributed by atoms with Crippen molar-refractivity contribution in [3.8, 4) is 0 Å². The van der Waals surface area contributed by atoms with Crippen molar-refractivity contribution < 1.29 is 9.18 Å². The molecule has 0 saturated heterocycles. The third-order valence-corrected chi connectivity index (χ3v) is 2.12. The van der Waals surface area contributed by atoms with E-state index in [2.05, 4.69) is 5.32 Å². The molecule has 0 saturated carbocycles. The zero-order valence-corrected chi connectivity index (χ0v) is 9.12. The second-order valence-electron chi connectivity index (χ2n) is 3.62.